The van der Waals surface area contributed by atoms with E-state index in [-0.39, 0.29) is 5.75 Å². The largest absolute Gasteiger partial charge is 0.508 e. The molecule has 2 N–H and O–H groups in total. The highest BCUT2D eigenvalue weighted by Crippen LogP contribution is 2.19. The molecule has 0 fully saturated rings. The van der Waals surface area contributed by atoms with Crippen molar-refractivity contribution in [2.75, 3.05) is 0 Å². The molecule has 0 unspecified atom stereocenters. The summed E-state index contributed by atoms with van der Waals surface area (Å²) in [5, 5.41) is 17.1. The fourth-order valence-corrected chi connectivity index (χ4v) is 1.83. The minimum atomic E-state index is 0.241. The summed E-state index contributed by atoms with van der Waals surface area (Å²) in [5.41, 5.74) is 2.87. The van der Waals surface area contributed by atoms with Crippen molar-refractivity contribution in [1.29, 1.82) is 0 Å². The molecule has 2 heterocycles. The van der Waals surface area contributed by atoms with E-state index in [1.165, 1.54) is 0 Å². The van der Waals surface area contributed by atoms with Crippen molar-refractivity contribution in [3.63, 3.8) is 0 Å². The van der Waals surface area contributed by atoms with Gasteiger partial charge in [0.05, 0.1) is 11.7 Å². The normalized spacial score (nSPS) is 10.8. The summed E-state index contributed by atoms with van der Waals surface area (Å²) >= 11 is 0. The highest BCUT2D eigenvalue weighted by Gasteiger charge is 2.01. The molecule has 0 aliphatic rings. The lowest BCUT2D eigenvalue weighted by atomic mass is 10.1. The number of hydrogen-bond acceptors (Lipinski definition) is 3. The molecule has 0 radical (unpaired) electrons. The number of aromatic amines is 1. The van der Waals surface area contributed by atoms with Crippen LogP contribution in [-0.2, 0) is 6.42 Å². The van der Waals surface area contributed by atoms with Crippen molar-refractivity contribution in [2.24, 2.45) is 0 Å². The summed E-state index contributed by atoms with van der Waals surface area (Å²) in [5.74, 6) is 0.241. The molecule has 4 nitrogen and oxygen atoms in total. The van der Waals surface area contributed by atoms with E-state index in [0.717, 1.165) is 28.6 Å². The van der Waals surface area contributed by atoms with Crippen LogP contribution in [0.5, 0.6) is 5.75 Å². The molecular formula is C13H11N3O. The van der Waals surface area contributed by atoms with Gasteiger partial charge in [0.2, 0.25) is 0 Å². The Balaban J connectivity index is 2.01. The number of aromatic hydroxyl groups is 1. The first kappa shape index (κ1) is 9.84. The first-order valence-electron chi connectivity index (χ1n) is 5.37. The Labute approximate surface area is 97.9 Å². The Hall–Kier alpha value is -2.36. The zero-order valence-corrected chi connectivity index (χ0v) is 9.09. The summed E-state index contributed by atoms with van der Waals surface area (Å²) in [6.07, 6.45) is 4.38. The molecule has 17 heavy (non-hydrogen) atoms. The second-order valence-electron chi connectivity index (χ2n) is 3.96. The quantitative estimate of drug-likeness (QED) is 0.703. The van der Waals surface area contributed by atoms with Crippen LogP contribution in [0.2, 0.25) is 0 Å². The molecule has 0 amide bonds. The fourth-order valence-electron chi connectivity index (χ4n) is 1.83. The summed E-state index contributed by atoms with van der Waals surface area (Å²) in [4.78, 5) is 4.51. The number of nitrogens with one attached hydrogen (secondary N) is 1. The maximum Gasteiger partial charge on any atom is 0.117 e. The third-order valence-corrected chi connectivity index (χ3v) is 2.67. The Kier molecular flexibility index (Phi) is 2.26. The van der Waals surface area contributed by atoms with Crippen LogP contribution in [0.1, 0.15) is 11.3 Å². The first-order chi connectivity index (χ1) is 8.31. The smallest absolute Gasteiger partial charge is 0.117 e. The minimum absolute atomic E-state index is 0.241. The van der Waals surface area contributed by atoms with Gasteiger partial charge in [-0.25, -0.2) is 0 Å². The van der Waals surface area contributed by atoms with E-state index in [4.69, 9.17) is 0 Å². The van der Waals surface area contributed by atoms with E-state index in [0.29, 0.717) is 0 Å². The van der Waals surface area contributed by atoms with Crippen molar-refractivity contribution < 1.29 is 5.11 Å². The van der Waals surface area contributed by atoms with Crippen LogP contribution in [-0.4, -0.2) is 20.3 Å². The molecule has 0 atom stereocenters. The molecule has 0 spiro atoms. The molecule has 3 rings (SSSR count). The molecular weight excluding hydrogens is 214 g/mol. The number of phenols is 1. The third-order valence-electron chi connectivity index (χ3n) is 2.67. The number of phenolic OH excluding ortho intramolecular Hbond substituents is 1. The molecule has 1 aromatic carbocycles. The molecule has 0 saturated heterocycles. The number of pyridine rings is 1. The number of rotatable bonds is 2. The zero-order chi connectivity index (χ0) is 11.7. The predicted octanol–water partition coefficient (Wildman–Crippen LogP) is 2.25. The molecule has 0 saturated carbocycles. The Morgan fingerprint density at radius 2 is 2.06 bits per heavy atom. The molecule has 84 valence electrons. The van der Waals surface area contributed by atoms with Crippen molar-refractivity contribution in [2.45, 2.75) is 6.42 Å². The summed E-state index contributed by atoms with van der Waals surface area (Å²) in [6.45, 7) is 0. The Morgan fingerprint density at radius 1 is 1.18 bits per heavy atom. The predicted molar refractivity (Wildman–Crippen MR) is 64.8 cm³/mol. The summed E-state index contributed by atoms with van der Waals surface area (Å²) in [6, 6.07) is 9.21. The number of fused-ring (bicyclic) bond motifs is 1. The van der Waals surface area contributed by atoms with Gasteiger partial charge in [0, 0.05) is 29.8 Å². The van der Waals surface area contributed by atoms with Crippen molar-refractivity contribution >= 4 is 10.9 Å². The lowest BCUT2D eigenvalue weighted by Crippen LogP contribution is -1.91. The standard InChI is InChI=1S/C13H11N3O/c17-12-4-2-10-1-3-11(16-13(10)6-12)5-9-7-14-15-8-9/h1-4,6-8,17H,5H2,(H,14,15). The summed E-state index contributed by atoms with van der Waals surface area (Å²) < 4.78 is 0. The number of nitrogens with zero attached hydrogens (tertiary/aromatic N) is 2. The SMILES string of the molecule is Oc1ccc2ccc(Cc3cn[nH]c3)nc2c1. The fraction of sp³-hybridized carbons (Fsp3) is 0.0769. The molecule has 0 aliphatic heterocycles. The average molecular weight is 225 g/mol. The van der Waals surface area contributed by atoms with Gasteiger partial charge in [-0.15, -0.1) is 0 Å². The van der Waals surface area contributed by atoms with Crippen LogP contribution in [0.4, 0.5) is 0 Å². The van der Waals surface area contributed by atoms with Gasteiger partial charge >= 0.3 is 0 Å². The van der Waals surface area contributed by atoms with Crippen molar-refractivity contribution in [1.82, 2.24) is 15.2 Å². The van der Waals surface area contributed by atoms with Gasteiger partial charge in [-0.3, -0.25) is 10.1 Å². The van der Waals surface area contributed by atoms with E-state index in [9.17, 15) is 5.11 Å². The van der Waals surface area contributed by atoms with E-state index in [2.05, 4.69) is 15.2 Å². The van der Waals surface area contributed by atoms with E-state index >= 15 is 0 Å². The highest BCUT2D eigenvalue weighted by molar-refractivity contribution is 5.80. The average Bonchev–Trinajstić information content (AvgIpc) is 2.81. The van der Waals surface area contributed by atoms with Crippen LogP contribution in [0.25, 0.3) is 10.9 Å². The van der Waals surface area contributed by atoms with E-state index in [1.54, 1.807) is 18.3 Å². The van der Waals surface area contributed by atoms with Crippen molar-refractivity contribution in [3.05, 3.63) is 54.0 Å². The maximum absolute atomic E-state index is 9.42. The lowest BCUT2D eigenvalue weighted by Gasteiger charge is -2.02. The molecule has 0 bridgehead atoms. The number of hydrogen-bond donors (Lipinski definition) is 2. The van der Waals surface area contributed by atoms with Crippen LogP contribution in [0, 0.1) is 0 Å². The van der Waals surface area contributed by atoms with Crippen LogP contribution < -0.4 is 0 Å². The topological polar surface area (TPSA) is 61.8 Å². The summed E-state index contributed by atoms with van der Waals surface area (Å²) in [7, 11) is 0. The number of H-pyrrole nitrogens is 1. The molecule has 2 aromatic heterocycles. The number of aromatic nitrogens is 3. The first-order valence-corrected chi connectivity index (χ1v) is 5.37. The van der Waals surface area contributed by atoms with Gasteiger partial charge in [0.1, 0.15) is 5.75 Å². The zero-order valence-electron chi connectivity index (χ0n) is 9.09. The van der Waals surface area contributed by atoms with Gasteiger partial charge in [-0.1, -0.05) is 6.07 Å². The van der Waals surface area contributed by atoms with Gasteiger partial charge in [-0.05, 0) is 23.8 Å². The van der Waals surface area contributed by atoms with E-state index in [1.807, 2.05) is 24.4 Å². The van der Waals surface area contributed by atoms with Crippen LogP contribution >= 0.6 is 0 Å². The van der Waals surface area contributed by atoms with E-state index < -0.39 is 0 Å². The second-order valence-corrected chi connectivity index (χ2v) is 3.96. The molecule has 3 aromatic rings. The number of benzene rings is 1. The lowest BCUT2D eigenvalue weighted by molar-refractivity contribution is 0.476. The minimum Gasteiger partial charge on any atom is -0.508 e. The molecule has 4 heteroatoms. The second kappa shape index (κ2) is 3.90. The Morgan fingerprint density at radius 3 is 2.88 bits per heavy atom. The van der Waals surface area contributed by atoms with Crippen LogP contribution in [0.15, 0.2) is 42.7 Å². The van der Waals surface area contributed by atoms with Crippen LogP contribution in [0.3, 0.4) is 0 Å². The maximum atomic E-state index is 9.42. The van der Waals surface area contributed by atoms with Gasteiger partial charge < -0.3 is 5.11 Å². The monoisotopic (exact) mass is 225 g/mol. The van der Waals surface area contributed by atoms with Gasteiger partial charge in [0.25, 0.3) is 0 Å². The Bertz CT molecular complexity index is 647. The van der Waals surface area contributed by atoms with Crippen molar-refractivity contribution in [3.8, 4) is 5.75 Å². The third kappa shape index (κ3) is 1.97. The molecule has 0 aliphatic carbocycles. The van der Waals surface area contributed by atoms with Gasteiger partial charge in [-0.2, -0.15) is 5.10 Å². The highest BCUT2D eigenvalue weighted by atomic mass is 16.3. The van der Waals surface area contributed by atoms with Gasteiger partial charge in [0.15, 0.2) is 0 Å².